The second-order valence-corrected chi connectivity index (χ2v) is 5.09. The number of nitrogens with zero attached hydrogens (tertiary/aromatic N) is 2. The fourth-order valence-electron chi connectivity index (χ4n) is 2.57. The smallest absolute Gasteiger partial charge is 0.136 e. The van der Waals surface area contributed by atoms with Crippen LogP contribution in [-0.4, -0.2) is 49.0 Å². The van der Waals surface area contributed by atoms with Crippen molar-refractivity contribution in [1.29, 1.82) is 5.26 Å². The van der Waals surface area contributed by atoms with Gasteiger partial charge >= 0.3 is 0 Å². The van der Waals surface area contributed by atoms with Crippen LogP contribution < -0.4 is 4.74 Å². The number of hydrogen-bond acceptors (Lipinski definition) is 5. The maximum absolute atomic E-state index is 9.23. The number of morpholine rings is 1. The van der Waals surface area contributed by atoms with Gasteiger partial charge in [0.2, 0.25) is 0 Å². The Morgan fingerprint density at radius 1 is 1.50 bits per heavy atom. The van der Waals surface area contributed by atoms with Gasteiger partial charge in [-0.3, -0.25) is 4.90 Å². The molecule has 1 fully saturated rings. The van der Waals surface area contributed by atoms with Crippen molar-refractivity contribution in [2.24, 2.45) is 0 Å². The van der Waals surface area contributed by atoms with Gasteiger partial charge in [0.05, 0.1) is 31.5 Å². The summed E-state index contributed by atoms with van der Waals surface area (Å²) in [5, 5.41) is 18.3. The average Bonchev–Trinajstić information content (AvgIpc) is 2.46. The quantitative estimate of drug-likeness (QED) is 0.893. The summed E-state index contributed by atoms with van der Waals surface area (Å²) >= 11 is 0. The van der Waals surface area contributed by atoms with Gasteiger partial charge in [-0.05, 0) is 24.6 Å². The highest BCUT2D eigenvalue weighted by molar-refractivity contribution is 5.45. The number of rotatable bonds is 4. The maximum atomic E-state index is 9.23. The van der Waals surface area contributed by atoms with Gasteiger partial charge in [-0.15, -0.1) is 0 Å². The Kier molecular flexibility index (Phi) is 4.96. The molecule has 1 aromatic rings. The summed E-state index contributed by atoms with van der Waals surface area (Å²) in [6.45, 7) is 4.30. The fraction of sp³-hybridized carbons (Fsp3) is 0.533. The van der Waals surface area contributed by atoms with E-state index in [1.807, 2.05) is 25.1 Å². The molecular weight excluding hydrogens is 256 g/mol. The molecule has 108 valence electrons. The van der Waals surface area contributed by atoms with Crippen LogP contribution in [0, 0.1) is 11.3 Å². The number of aliphatic hydroxyl groups is 1. The Hall–Kier alpha value is -1.61. The van der Waals surface area contributed by atoms with Crippen LogP contribution >= 0.6 is 0 Å². The molecule has 1 saturated heterocycles. The van der Waals surface area contributed by atoms with Crippen LogP contribution in [0.5, 0.6) is 5.75 Å². The summed E-state index contributed by atoms with van der Waals surface area (Å²) in [5.41, 5.74) is 1.61. The van der Waals surface area contributed by atoms with E-state index in [9.17, 15) is 5.11 Å². The molecule has 0 aromatic heterocycles. The zero-order valence-corrected chi connectivity index (χ0v) is 11.9. The van der Waals surface area contributed by atoms with Crippen LogP contribution in [0.1, 0.15) is 18.1 Å². The molecule has 1 aromatic carbocycles. The van der Waals surface area contributed by atoms with Crippen molar-refractivity contribution in [2.75, 3.05) is 26.8 Å². The Morgan fingerprint density at radius 3 is 2.95 bits per heavy atom. The molecule has 0 radical (unpaired) electrons. The van der Waals surface area contributed by atoms with Gasteiger partial charge in [0.25, 0.3) is 0 Å². The normalized spacial score (nSPS) is 23.3. The standard InChI is InChI=1S/C15H20N2O3/c1-11-7-17(9-14(10-18)20-11)8-12-3-4-15(19-2)13(5-12)6-16/h3-5,11,14,18H,7-10H2,1-2H3. The Labute approximate surface area is 119 Å². The van der Waals surface area contributed by atoms with E-state index in [-0.39, 0.29) is 18.8 Å². The monoisotopic (exact) mass is 276 g/mol. The van der Waals surface area contributed by atoms with Gasteiger partial charge in [-0.2, -0.15) is 5.26 Å². The average molecular weight is 276 g/mol. The zero-order chi connectivity index (χ0) is 14.5. The molecular formula is C15H20N2O3. The SMILES string of the molecule is COc1ccc(CN2CC(C)OC(CO)C2)cc1C#N. The molecule has 5 nitrogen and oxygen atoms in total. The van der Waals surface area contributed by atoms with E-state index in [1.54, 1.807) is 7.11 Å². The second kappa shape index (κ2) is 6.71. The first-order valence-electron chi connectivity index (χ1n) is 6.72. The minimum Gasteiger partial charge on any atom is -0.495 e. The summed E-state index contributed by atoms with van der Waals surface area (Å²) in [5.74, 6) is 0.597. The predicted molar refractivity (Wildman–Crippen MR) is 74.4 cm³/mol. The lowest BCUT2D eigenvalue weighted by Crippen LogP contribution is -2.47. The maximum Gasteiger partial charge on any atom is 0.136 e. The largest absolute Gasteiger partial charge is 0.495 e. The summed E-state index contributed by atoms with van der Waals surface area (Å²) in [6, 6.07) is 7.79. The Balaban J connectivity index is 2.08. The molecule has 20 heavy (non-hydrogen) atoms. The number of benzene rings is 1. The number of hydrogen-bond donors (Lipinski definition) is 1. The predicted octanol–water partition coefficient (Wildman–Crippen LogP) is 1.15. The van der Waals surface area contributed by atoms with Crippen LogP contribution in [0.3, 0.4) is 0 Å². The van der Waals surface area contributed by atoms with Crippen molar-refractivity contribution in [1.82, 2.24) is 4.90 Å². The molecule has 1 N–H and O–H groups in total. The van der Waals surface area contributed by atoms with Crippen molar-refractivity contribution >= 4 is 0 Å². The highest BCUT2D eigenvalue weighted by Gasteiger charge is 2.24. The van der Waals surface area contributed by atoms with Crippen LogP contribution in [-0.2, 0) is 11.3 Å². The van der Waals surface area contributed by atoms with E-state index >= 15 is 0 Å². The Bertz CT molecular complexity index is 498. The number of ether oxygens (including phenoxy) is 2. The minimum atomic E-state index is -0.132. The molecule has 1 aliphatic heterocycles. The number of nitriles is 1. The molecule has 0 aliphatic carbocycles. The molecule has 2 rings (SSSR count). The van der Waals surface area contributed by atoms with Crippen molar-refractivity contribution in [3.8, 4) is 11.8 Å². The van der Waals surface area contributed by atoms with Crippen LogP contribution in [0.25, 0.3) is 0 Å². The number of aliphatic hydroxyl groups excluding tert-OH is 1. The van der Waals surface area contributed by atoms with E-state index in [4.69, 9.17) is 14.7 Å². The highest BCUT2D eigenvalue weighted by atomic mass is 16.5. The van der Waals surface area contributed by atoms with Crippen LogP contribution in [0.15, 0.2) is 18.2 Å². The van der Waals surface area contributed by atoms with E-state index in [1.165, 1.54) is 0 Å². The lowest BCUT2D eigenvalue weighted by molar-refractivity contribution is -0.0972. The third-order valence-electron chi connectivity index (χ3n) is 3.40. The molecule has 0 bridgehead atoms. The molecule has 5 heteroatoms. The molecule has 1 aliphatic rings. The zero-order valence-electron chi connectivity index (χ0n) is 11.9. The third-order valence-corrected chi connectivity index (χ3v) is 3.40. The lowest BCUT2D eigenvalue weighted by atomic mass is 10.1. The molecule has 0 saturated carbocycles. The molecule has 1 heterocycles. The Morgan fingerprint density at radius 2 is 2.30 bits per heavy atom. The van der Waals surface area contributed by atoms with Crippen molar-refractivity contribution in [3.05, 3.63) is 29.3 Å². The molecule has 0 amide bonds. The van der Waals surface area contributed by atoms with Gasteiger partial charge in [0.1, 0.15) is 11.8 Å². The van der Waals surface area contributed by atoms with Crippen molar-refractivity contribution in [3.63, 3.8) is 0 Å². The summed E-state index contributed by atoms with van der Waals surface area (Å²) in [7, 11) is 1.56. The van der Waals surface area contributed by atoms with Gasteiger partial charge in [0, 0.05) is 19.6 Å². The molecule has 2 atom stereocenters. The van der Waals surface area contributed by atoms with E-state index in [0.29, 0.717) is 17.9 Å². The van der Waals surface area contributed by atoms with Gasteiger partial charge < -0.3 is 14.6 Å². The van der Waals surface area contributed by atoms with Crippen LogP contribution in [0.4, 0.5) is 0 Å². The second-order valence-electron chi connectivity index (χ2n) is 5.09. The lowest BCUT2D eigenvalue weighted by Gasteiger charge is -2.36. The van der Waals surface area contributed by atoms with E-state index < -0.39 is 0 Å². The summed E-state index contributed by atoms with van der Waals surface area (Å²) in [6.07, 6.45) is -0.0259. The first-order chi connectivity index (χ1) is 9.66. The van der Waals surface area contributed by atoms with E-state index in [2.05, 4.69) is 11.0 Å². The van der Waals surface area contributed by atoms with Crippen molar-refractivity contribution < 1.29 is 14.6 Å². The van der Waals surface area contributed by atoms with Crippen molar-refractivity contribution in [2.45, 2.75) is 25.7 Å². The van der Waals surface area contributed by atoms with Gasteiger partial charge in [-0.25, -0.2) is 0 Å². The first kappa shape index (κ1) is 14.8. The van der Waals surface area contributed by atoms with Gasteiger partial charge in [0.15, 0.2) is 0 Å². The minimum absolute atomic E-state index is 0.0346. The summed E-state index contributed by atoms with van der Waals surface area (Å²) in [4.78, 5) is 2.23. The summed E-state index contributed by atoms with van der Waals surface area (Å²) < 4.78 is 10.8. The van der Waals surface area contributed by atoms with E-state index in [0.717, 1.165) is 18.7 Å². The molecule has 2 unspecified atom stereocenters. The fourth-order valence-corrected chi connectivity index (χ4v) is 2.57. The third kappa shape index (κ3) is 3.48. The number of methoxy groups -OCH3 is 1. The van der Waals surface area contributed by atoms with Gasteiger partial charge in [-0.1, -0.05) is 6.07 Å². The highest BCUT2D eigenvalue weighted by Crippen LogP contribution is 2.21. The van der Waals surface area contributed by atoms with Crippen LogP contribution in [0.2, 0.25) is 0 Å². The molecule has 0 spiro atoms. The topological polar surface area (TPSA) is 65.7 Å². The first-order valence-corrected chi connectivity index (χ1v) is 6.72.